The molecule has 0 saturated heterocycles. The number of ether oxygens (including phenoxy) is 2. The van der Waals surface area contributed by atoms with Crippen molar-refractivity contribution in [3.05, 3.63) is 60.1 Å². The van der Waals surface area contributed by atoms with Crippen LogP contribution in [0.5, 0.6) is 11.6 Å². The van der Waals surface area contributed by atoms with Crippen molar-refractivity contribution in [3.8, 4) is 23.0 Å². The van der Waals surface area contributed by atoms with Crippen molar-refractivity contribution in [2.75, 3.05) is 7.11 Å². The molecular weight excluding hydrogens is 364 g/mol. The third-order valence-corrected chi connectivity index (χ3v) is 3.70. The molecule has 0 amide bonds. The van der Waals surface area contributed by atoms with Crippen LogP contribution in [0.1, 0.15) is 15.9 Å². The molecule has 9 heteroatoms. The van der Waals surface area contributed by atoms with Gasteiger partial charge in [0, 0.05) is 36.3 Å². The summed E-state index contributed by atoms with van der Waals surface area (Å²) in [6, 6.07) is 6.79. The Labute approximate surface area is 159 Å². The van der Waals surface area contributed by atoms with E-state index < -0.39 is 5.97 Å². The van der Waals surface area contributed by atoms with Crippen molar-refractivity contribution < 1.29 is 24.2 Å². The second-order valence-corrected chi connectivity index (χ2v) is 5.52. The van der Waals surface area contributed by atoms with E-state index in [1.807, 2.05) is 6.07 Å². The van der Waals surface area contributed by atoms with Gasteiger partial charge in [0.2, 0.25) is 5.88 Å². The summed E-state index contributed by atoms with van der Waals surface area (Å²) < 4.78 is 12.1. The minimum absolute atomic E-state index is 0.135. The first-order valence-corrected chi connectivity index (χ1v) is 8.13. The molecule has 0 aliphatic heterocycles. The molecule has 0 radical (unpaired) electrons. The molecule has 0 fully saturated rings. The number of aldehydes is 1. The maximum Gasteiger partial charge on any atom is 0.329 e. The number of hydrogen-bond donors (Lipinski definition) is 1. The highest BCUT2D eigenvalue weighted by molar-refractivity contribution is 5.83. The van der Waals surface area contributed by atoms with Crippen LogP contribution < -0.4 is 9.47 Å². The van der Waals surface area contributed by atoms with Crippen molar-refractivity contribution in [1.82, 2.24) is 19.7 Å². The number of nitrogens with zero attached hydrogens (tertiary/aromatic N) is 4. The number of pyridine rings is 2. The summed E-state index contributed by atoms with van der Waals surface area (Å²) >= 11 is 0. The monoisotopic (exact) mass is 380 g/mol. The van der Waals surface area contributed by atoms with Crippen LogP contribution in [-0.2, 0) is 11.4 Å². The van der Waals surface area contributed by atoms with Crippen molar-refractivity contribution in [2.24, 2.45) is 0 Å². The van der Waals surface area contributed by atoms with Crippen molar-refractivity contribution in [1.29, 1.82) is 0 Å². The first-order chi connectivity index (χ1) is 13.6. The highest BCUT2D eigenvalue weighted by Crippen LogP contribution is 2.24. The number of rotatable bonds is 8. The molecule has 3 aromatic rings. The van der Waals surface area contributed by atoms with Crippen LogP contribution in [0.4, 0.5) is 0 Å². The van der Waals surface area contributed by atoms with Gasteiger partial charge in [0.1, 0.15) is 18.1 Å². The molecule has 0 aliphatic carbocycles. The Morgan fingerprint density at radius 3 is 2.93 bits per heavy atom. The predicted molar refractivity (Wildman–Crippen MR) is 98.9 cm³/mol. The highest BCUT2D eigenvalue weighted by Gasteiger charge is 2.12. The third kappa shape index (κ3) is 4.39. The van der Waals surface area contributed by atoms with Gasteiger partial charge in [-0.3, -0.25) is 9.78 Å². The fourth-order valence-electron chi connectivity index (χ4n) is 2.39. The average molecular weight is 380 g/mol. The van der Waals surface area contributed by atoms with Crippen LogP contribution >= 0.6 is 0 Å². The number of carboxylic acids is 1. The lowest BCUT2D eigenvalue weighted by molar-refractivity contribution is -0.131. The Morgan fingerprint density at radius 2 is 2.18 bits per heavy atom. The predicted octanol–water partition coefficient (Wildman–Crippen LogP) is 2.30. The standard InChI is InChI=1S/C19H16N4O5/c1-27-17-9-14(11-24)16(10-21-17)28-12-13-3-2-6-20-19(13)15-4-7-23(22-15)8-5-18(25)26/h2-11H,12H2,1H3,(H,25,26). The smallest absolute Gasteiger partial charge is 0.329 e. The minimum Gasteiger partial charge on any atom is -0.486 e. The normalized spacial score (nSPS) is 10.8. The van der Waals surface area contributed by atoms with Crippen LogP contribution in [0.2, 0.25) is 0 Å². The lowest BCUT2D eigenvalue weighted by atomic mass is 10.1. The molecule has 0 aliphatic rings. The van der Waals surface area contributed by atoms with Crippen LogP contribution in [-0.4, -0.2) is 44.2 Å². The highest BCUT2D eigenvalue weighted by atomic mass is 16.5. The molecule has 28 heavy (non-hydrogen) atoms. The molecular formula is C19H16N4O5. The Bertz CT molecular complexity index is 1030. The van der Waals surface area contributed by atoms with Crippen LogP contribution in [0, 0.1) is 0 Å². The van der Waals surface area contributed by atoms with Gasteiger partial charge in [-0.05, 0) is 12.1 Å². The minimum atomic E-state index is -1.07. The number of carbonyl (C=O) groups excluding carboxylic acids is 1. The summed E-state index contributed by atoms with van der Waals surface area (Å²) in [5, 5.41) is 13.0. The molecule has 1 N–H and O–H groups in total. The summed E-state index contributed by atoms with van der Waals surface area (Å²) in [4.78, 5) is 30.3. The van der Waals surface area contributed by atoms with Gasteiger partial charge in [-0.2, -0.15) is 5.10 Å². The van der Waals surface area contributed by atoms with E-state index in [-0.39, 0.29) is 6.61 Å². The molecule has 3 heterocycles. The van der Waals surface area contributed by atoms with Gasteiger partial charge in [0.25, 0.3) is 0 Å². The zero-order valence-corrected chi connectivity index (χ0v) is 14.8. The van der Waals surface area contributed by atoms with Crippen molar-refractivity contribution in [2.45, 2.75) is 6.61 Å². The van der Waals surface area contributed by atoms with E-state index >= 15 is 0 Å². The Kier molecular flexibility index (Phi) is 5.75. The SMILES string of the molecule is COc1cc(C=O)c(OCc2cccnc2-c2ccn(C=CC(=O)O)n2)cn1. The molecule has 9 nitrogen and oxygen atoms in total. The van der Waals surface area contributed by atoms with Gasteiger partial charge >= 0.3 is 5.97 Å². The van der Waals surface area contributed by atoms with Gasteiger partial charge < -0.3 is 14.6 Å². The first kappa shape index (κ1) is 18.8. The van der Waals surface area contributed by atoms with Gasteiger partial charge in [0.05, 0.1) is 24.6 Å². The van der Waals surface area contributed by atoms with Crippen LogP contribution in [0.3, 0.4) is 0 Å². The fourth-order valence-corrected chi connectivity index (χ4v) is 2.39. The van der Waals surface area contributed by atoms with E-state index in [2.05, 4.69) is 15.1 Å². The Hall–Kier alpha value is -4.01. The number of aliphatic carboxylic acids is 1. The van der Waals surface area contributed by atoms with Gasteiger partial charge in [-0.25, -0.2) is 14.5 Å². The molecule has 0 unspecified atom stereocenters. The Morgan fingerprint density at radius 1 is 1.32 bits per heavy atom. The number of hydrogen-bond acceptors (Lipinski definition) is 7. The van der Waals surface area contributed by atoms with Gasteiger partial charge in [-0.15, -0.1) is 0 Å². The molecule has 0 bridgehead atoms. The van der Waals surface area contributed by atoms with Gasteiger partial charge in [-0.1, -0.05) is 6.07 Å². The summed E-state index contributed by atoms with van der Waals surface area (Å²) in [7, 11) is 1.46. The number of aromatic nitrogens is 4. The maximum atomic E-state index is 11.3. The zero-order chi connectivity index (χ0) is 19.9. The summed E-state index contributed by atoms with van der Waals surface area (Å²) in [5.41, 5.74) is 2.19. The molecule has 0 spiro atoms. The number of methoxy groups -OCH3 is 1. The largest absolute Gasteiger partial charge is 0.486 e. The Balaban J connectivity index is 1.82. The lowest BCUT2D eigenvalue weighted by Crippen LogP contribution is -2.03. The fraction of sp³-hybridized carbons (Fsp3) is 0.105. The third-order valence-electron chi connectivity index (χ3n) is 3.70. The molecule has 0 aromatic carbocycles. The second-order valence-electron chi connectivity index (χ2n) is 5.52. The second kappa shape index (κ2) is 8.58. The molecule has 3 aromatic heterocycles. The van der Waals surface area contributed by atoms with Crippen molar-refractivity contribution >= 4 is 18.5 Å². The van der Waals surface area contributed by atoms with Gasteiger partial charge in [0.15, 0.2) is 6.29 Å². The molecule has 0 atom stereocenters. The number of carbonyl (C=O) groups is 2. The van der Waals surface area contributed by atoms with E-state index in [4.69, 9.17) is 14.6 Å². The van der Waals surface area contributed by atoms with E-state index in [1.165, 1.54) is 30.3 Å². The first-order valence-electron chi connectivity index (χ1n) is 8.13. The quantitative estimate of drug-likeness (QED) is 0.467. The maximum absolute atomic E-state index is 11.3. The topological polar surface area (TPSA) is 116 Å². The summed E-state index contributed by atoms with van der Waals surface area (Å²) in [6.45, 7) is 0.135. The summed E-state index contributed by atoms with van der Waals surface area (Å²) in [5.74, 6) is -0.431. The molecule has 3 rings (SSSR count). The average Bonchev–Trinajstić information content (AvgIpc) is 3.19. The molecule has 142 valence electrons. The van der Waals surface area contributed by atoms with E-state index in [1.54, 1.807) is 24.5 Å². The van der Waals surface area contributed by atoms with Crippen LogP contribution in [0.15, 0.2) is 48.9 Å². The van der Waals surface area contributed by atoms with Crippen LogP contribution in [0.25, 0.3) is 17.6 Å². The lowest BCUT2D eigenvalue weighted by Gasteiger charge is -2.11. The van der Waals surface area contributed by atoms with E-state index in [0.29, 0.717) is 34.9 Å². The zero-order valence-electron chi connectivity index (χ0n) is 14.8. The number of carboxylic acid groups (broad SMARTS) is 1. The van der Waals surface area contributed by atoms with E-state index in [9.17, 15) is 9.59 Å². The summed E-state index contributed by atoms with van der Waals surface area (Å²) in [6.07, 6.45) is 7.63. The van der Waals surface area contributed by atoms with E-state index in [0.717, 1.165) is 11.6 Å². The van der Waals surface area contributed by atoms with Crippen molar-refractivity contribution in [3.63, 3.8) is 0 Å². The molecule has 0 saturated carbocycles.